The van der Waals surface area contributed by atoms with Crippen LogP contribution in [0.1, 0.15) is 25.0 Å². The van der Waals surface area contributed by atoms with Crippen LogP contribution in [0.25, 0.3) is 23.0 Å². The molecule has 34 heavy (non-hydrogen) atoms. The number of rotatable bonds is 3. The Kier molecular flexibility index (Phi) is 6.10. The summed E-state index contributed by atoms with van der Waals surface area (Å²) in [6, 6.07) is 14.8. The minimum absolute atomic E-state index is 0.0716. The highest BCUT2D eigenvalue weighted by molar-refractivity contribution is 8.18. The predicted octanol–water partition coefficient (Wildman–Crippen LogP) is 5.07. The number of hydrogen-bond acceptors (Lipinski definition) is 5. The average molecular weight is 477 g/mol. The summed E-state index contributed by atoms with van der Waals surface area (Å²) in [5.74, 6) is -0.571. The maximum absolute atomic E-state index is 14.4. The molecule has 1 saturated heterocycles. The van der Waals surface area contributed by atoms with Crippen molar-refractivity contribution in [1.82, 2.24) is 14.7 Å². The second kappa shape index (κ2) is 9.19. The van der Waals surface area contributed by atoms with E-state index in [0.29, 0.717) is 40.0 Å². The van der Waals surface area contributed by atoms with E-state index >= 15 is 0 Å². The Morgan fingerprint density at radius 2 is 1.85 bits per heavy atom. The number of aryl methyl sites for hydroxylation is 1. The molecule has 0 aliphatic carbocycles. The molecule has 6 nitrogen and oxygen atoms in total. The molecule has 174 valence electrons. The topological polar surface area (TPSA) is 59.7 Å². The Labute approximate surface area is 202 Å². The van der Waals surface area contributed by atoms with Crippen LogP contribution in [-0.2, 0) is 9.53 Å². The van der Waals surface area contributed by atoms with Gasteiger partial charge in [-0.3, -0.25) is 4.79 Å². The molecule has 1 aromatic heterocycles. The van der Waals surface area contributed by atoms with E-state index in [9.17, 15) is 9.18 Å². The lowest BCUT2D eigenvalue weighted by atomic mass is 10.1. The summed E-state index contributed by atoms with van der Waals surface area (Å²) in [5.41, 5.74) is 3.42. The number of carbonyl (C=O) groups excluding carboxylic acids is 1. The number of amidine groups is 1. The molecule has 2 atom stereocenters. The van der Waals surface area contributed by atoms with Gasteiger partial charge in [-0.2, -0.15) is 10.1 Å². The molecule has 2 aromatic carbocycles. The van der Waals surface area contributed by atoms with E-state index in [0.717, 1.165) is 11.3 Å². The van der Waals surface area contributed by atoms with E-state index in [2.05, 4.69) is 9.89 Å². The van der Waals surface area contributed by atoms with Crippen LogP contribution in [0, 0.1) is 12.7 Å². The van der Waals surface area contributed by atoms with Gasteiger partial charge in [-0.05, 0) is 62.4 Å². The van der Waals surface area contributed by atoms with Crippen LogP contribution < -0.4 is 0 Å². The maximum Gasteiger partial charge on any atom is 0.286 e. The number of carbonyl (C=O) groups is 1. The smallest absolute Gasteiger partial charge is 0.286 e. The number of aliphatic imine (C=N–C) groups is 1. The first-order valence-corrected chi connectivity index (χ1v) is 12.0. The van der Waals surface area contributed by atoms with Gasteiger partial charge in [0.25, 0.3) is 5.91 Å². The zero-order valence-corrected chi connectivity index (χ0v) is 20.1. The van der Waals surface area contributed by atoms with Gasteiger partial charge in [0.2, 0.25) is 0 Å². The standard InChI is InChI=1S/C26H25FN4O2S/c1-16-9-10-19(11-22(16)27)24-20(15-31(29-24)21-7-5-4-6-8-21)12-23-25(32)28-26(34-23)30-13-17(2)33-18(3)14-30/h4-12,15,17-18H,13-14H2,1-3H3/b23-12-/t17-,18-/m0/s1. The lowest BCUT2D eigenvalue weighted by molar-refractivity contribution is -0.113. The zero-order valence-electron chi connectivity index (χ0n) is 19.2. The summed E-state index contributed by atoms with van der Waals surface area (Å²) in [6.45, 7) is 7.15. The van der Waals surface area contributed by atoms with Gasteiger partial charge in [-0.15, -0.1) is 0 Å². The molecule has 3 heterocycles. The molecular formula is C26H25FN4O2S. The first-order chi connectivity index (χ1) is 16.4. The molecular weight excluding hydrogens is 451 g/mol. The fraction of sp³-hybridized carbons (Fsp3) is 0.269. The third-order valence-electron chi connectivity index (χ3n) is 5.79. The number of para-hydroxylation sites is 1. The number of morpholine rings is 1. The van der Waals surface area contributed by atoms with E-state index in [1.165, 1.54) is 17.8 Å². The summed E-state index contributed by atoms with van der Waals surface area (Å²) in [7, 11) is 0. The summed E-state index contributed by atoms with van der Waals surface area (Å²) in [4.78, 5) is 19.7. The van der Waals surface area contributed by atoms with Crippen molar-refractivity contribution in [2.24, 2.45) is 4.99 Å². The van der Waals surface area contributed by atoms with Crippen LogP contribution in [0.4, 0.5) is 4.39 Å². The number of halogens is 1. The van der Waals surface area contributed by atoms with E-state index < -0.39 is 0 Å². The number of aromatic nitrogens is 2. The number of thioether (sulfide) groups is 1. The average Bonchev–Trinajstić information content (AvgIpc) is 3.40. The van der Waals surface area contributed by atoms with Gasteiger partial charge < -0.3 is 9.64 Å². The molecule has 2 aliphatic heterocycles. The van der Waals surface area contributed by atoms with Crippen molar-refractivity contribution in [3.8, 4) is 16.9 Å². The van der Waals surface area contributed by atoms with Crippen LogP contribution in [-0.4, -0.2) is 51.1 Å². The van der Waals surface area contributed by atoms with Gasteiger partial charge in [0.05, 0.1) is 22.8 Å². The van der Waals surface area contributed by atoms with Crippen LogP contribution in [0.5, 0.6) is 0 Å². The molecule has 8 heteroatoms. The quantitative estimate of drug-likeness (QED) is 0.494. The van der Waals surface area contributed by atoms with Crippen molar-refractivity contribution in [3.63, 3.8) is 0 Å². The zero-order chi connectivity index (χ0) is 23.8. The first-order valence-electron chi connectivity index (χ1n) is 11.2. The molecule has 5 rings (SSSR count). The number of ether oxygens (including phenoxy) is 1. The Morgan fingerprint density at radius 3 is 2.56 bits per heavy atom. The van der Waals surface area contributed by atoms with E-state index in [4.69, 9.17) is 9.84 Å². The molecule has 1 fully saturated rings. The Hall–Kier alpha value is -3.23. The Morgan fingerprint density at radius 1 is 1.12 bits per heavy atom. The summed E-state index contributed by atoms with van der Waals surface area (Å²) in [6.07, 6.45) is 3.81. The van der Waals surface area contributed by atoms with Gasteiger partial charge in [0.1, 0.15) is 11.5 Å². The van der Waals surface area contributed by atoms with Crippen molar-refractivity contribution in [1.29, 1.82) is 0 Å². The normalized spacial score (nSPS) is 21.9. The summed E-state index contributed by atoms with van der Waals surface area (Å²) < 4.78 is 21.9. The Bertz CT molecular complexity index is 1290. The predicted molar refractivity (Wildman–Crippen MR) is 133 cm³/mol. The fourth-order valence-corrected chi connectivity index (χ4v) is 5.10. The lowest BCUT2D eigenvalue weighted by Crippen LogP contribution is -2.47. The maximum atomic E-state index is 14.4. The summed E-state index contributed by atoms with van der Waals surface area (Å²) in [5, 5.41) is 5.43. The van der Waals surface area contributed by atoms with Gasteiger partial charge in [-0.25, -0.2) is 9.07 Å². The van der Waals surface area contributed by atoms with Crippen LogP contribution in [0.3, 0.4) is 0 Å². The summed E-state index contributed by atoms with van der Waals surface area (Å²) >= 11 is 1.36. The molecule has 0 radical (unpaired) electrons. The monoisotopic (exact) mass is 476 g/mol. The van der Waals surface area contributed by atoms with Gasteiger partial charge in [0.15, 0.2) is 5.17 Å². The Balaban J connectivity index is 1.51. The largest absolute Gasteiger partial charge is 0.372 e. The van der Waals surface area contributed by atoms with E-state index in [1.807, 2.05) is 56.4 Å². The lowest BCUT2D eigenvalue weighted by Gasteiger charge is -2.35. The third kappa shape index (κ3) is 4.56. The molecule has 0 unspecified atom stereocenters. The molecule has 2 aliphatic rings. The molecule has 0 bridgehead atoms. The molecule has 0 N–H and O–H groups in total. The van der Waals surface area contributed by atoms with Gasteiger partial charge in [0, 0.05) is 30.4 Å². The molecule has 0 spiro atoms. The van der Waals surface area contributed by atoms with E-state index in [1.54, 1.807) is 23.7 Å². The van der Waals surface area contributed by atoms with Crippen LogP contribution >= 0.6 is 11.8 Å². The number of benzene rings is 2. The van der Waals surface area contributed by atoms with Crippen molar-refractivity contribution in [2.45, 2.75) is 33.0 Å². The molecule has 1 amide bonds. The number of hydrogen-bond donors (Lipinski definition) is 0. The number of nitrogens with zero attached hydrogens (tertiary/aromatic N) is 4. The third-order valence-corrected chi connectivity index (χ3v) is 6.84. The van der Waals surface area contributed by atoms with Gasteiger partial charge >= 0.3 is 0 Å². The van der Waals surface area contributed by atoms with Crippen molar-refractivity contribution < 1.29 is 13.9 Å². The first kappa shape index (κ1) is 22.6. The highest BCUT2D eigenvalue weighted by Crippen LogP contribution is 2.34. The highest BCUT2D eigenvalue weighted by Gasteiger charge is 2.31. The van der Waals surface area contributed by atoms with Crippen molar-refractivity contribution in [2.75, 3.05) is 13.1 Å². The molecule has 0 saturated carbocycles. The van der Waals surface area contributed by atoms with E-state index in [-0.39, 0.29) is 23.9 Å². The van der Waals surface area contributed by atoms with Crippen molar-refractivity contribution >= 4 is 28.9 Å². The number of amides is 1. The SMILES string of the molecule is Cc1ccc(-c2nn(-c3ccccc3)cc2/C=C2\SC(N3C[C@H](C)O[C@@H](C)C3)=NC2=O)cc1F. The second-order valence-electron chi connectivity index (χ2n) is 8.65. The van der Waals surface area contributed by atoms with Crippen LogP contribution in [0.2, 0.25) is 0 Å². The minimum atomic E-state index is -0.294. The van der Waals surface area contributed by atoms with Gasteiger partial charge in [-0.1, -0.05) is 30.3 Å². The molecule has 3 aromatic rings. The van der Waals surface area contributed by atoms with Crippen molar-refractivity contribution in [3.05, 3.63) is 76.6 Å². The minimum Gasteiger partial charge on any atom is -0.372 e. The highest BCUT2D eigenvalue weighted by atomic mass is 32.2. The second-order valence-corrected chi connectivity index (χ2v) is 9.66. The fourth-order valence-electron chi connectivity index (χ4n) is 4.18. The van der Waals surface area contributed by atoms with Crippen LogP contribution in [0.15, 0.2) is 64.6 Å².